The van der Waals surface area contributed by atoms with Gasteiger partial charge in [0.15, 0.2) is 0 Å². The summed E-state index contributed by atoms with van der Waals surface area (Å²) in [6.07, 6.45) is 0.444. The number of carboxylic acids is 1. The number of ether oxygens (including phenoxy) is 1. The van der Waals surface area contributed by atoms with Gasteiger partial charge in [-0.25, -0.2) is 0 Å². The van der Waals surface area contributed by atoms with Crippen LogP contribution in [-0.4, -0.2) is 18.2 Å². The molecular formula is C12H16BrNO3. The van der Waals surface area contributed by atoms with E-state index in [1.165, 1.54) is 0 Å². The van der Waals surface area contributed by atoms with E-state index in [1.807, 2.05) is 19.1 Å². The zero-order valence-corrected chi connectivity index (χ0v) is 11.5. The molecule has 0 heterocycles. The van der Waals surface area contributed by atoms with Gasteiger partial charge in [0.05, 0.1) is 7.11 Å². The Balaban J connectivity index is 3.01. The molecule has 0 aliphatic heterocycles. The first-order valence-electron chi connectivity index (χ1n) is 5.27. The average Bonchev–Trinajstić information content (AvgIpc) is 2.29. The molecule has 4 nitrogen and oxygen atoms in total. The van der Waals surface area contributed by atoms with Gasteiger partial charge in [-0.1, -0.05) is 15.9 Å². The summed E-state index contributed by atoms with van der Waals surface area (Å²) in [5.74, 6) is -0.143. The van der Waals surface area contributed by atoms with Crippen LogP contribution in [0.5, 0.6) is 5.75 Å². The van der Waals surface area contributed by atoms with Crippen molar-refractivity contribution in [2.24, 2.45) is 5.73 Å². The fourth-order valence-electron chi connectivity index (χ4n) is 1.74. The lowest BCUT2D eigenvalue weighted by Crippen LogP contribution is -2.15. The van der Waals surface area contributed by atoms with Crippen molar-refractivity contribution in [2.75, 3.05) is 7.11 Å². The molecule has 5 heteroatoms. The van der Waals surface area contributed by atoms with Crippen LogP contribution in [0.1, 0.15) is 30.0 Å². The molecule has 3 N–H and O–H groups in total. The van der Waals surface area contributed by atoms with Crippen LogP contribution < -0.4 is 10.5 Å². The van der Waals surface area contributed by atoms with Gasteiger partial charge in [-0.15, -0.1) is 0 Å². The maximum atomic E-state index is 10.5. The molecule has 0 fully saturated rings. The number of methoxy groups -OCH3 is 1. The van der Waals surface area contributed by atoms with E-state index >= 15 is 0 Å². The van der Waals surface area contributed by atoms with Gasteiger partial charge in [0.1, 0.15) is 5.75 Å². The maximum absolute atomic E-state index is 10.5. The van der Waals surface area contributed by atoms with Crippen molar-refractivity contribution in [3.05, 3.63) is 27.7 Å². The SMILES string of the molecule is COc1ccc(Br)c(C)c1C(N)CCC(=O)O. The molecule has 1 atom stereocenters. The second kappa shape index (κ2) is 6.02. The Morgan fingerprint density at radius 1 is 1.59 bits per heavy atom. The number of aliphatic carboxylic acids is 1. The monoisotopic (exact) mass is 301 g/mol. The summed E-state index contributed by atoms with van der Waals surface area (Å²) in [5.41, 5.74) is 7.88. The highest BCUT2D eigenvalue weighted by Gasteiger charge is 2.17. The van der Waals surface area contributed by atoms with Gasteiger partial charge in [0, 0.05) is 22.5 Å². The third kappa shape index (κ3) is 3.44. The first-order valence-corrected chi connectivity index (χ1v) is 6.07. The Morgan fingerprint density at radius 2 is 2.24 bits per heavy atom. The standard InChI is InChI=1S/C12H16BrNO3/c1-7-8(13)3-5-10(17-2)12(7)9(14)4-6-11(15)16/h3,5,9H,4,6,14H2,1-2H3,(H,15,16). The number of halogens is 1. The van der Waals surface area contributed by atoms with Crippen LogP contribution in [0.15, 0.2) is 16.6 Å². The highest BCUT2D eigenvalue weighted by Crippen LogP contribution is 2.33. The molecule has 0 spiro atoms. The Hall–Kier alpha value is -1.07. The normalized spacial score (nSPS) is 12.2. The second-order valence-corrected chi connectivity index (χ2v) is 4.68. The van der Waals surface area contributed by atoms with Gasteiger partial charge >= 0.3 is 5.97 Å². The van der Waals surface area contributed by atoms with Gasteiger partial charge in [-0.3, -0.25) is 4.79 Å². The molecule has 0 saturated carbocycles. The van der Waals surface area contributed by atoms with Gasteiger partial charge in [0.25, 0.3) is 0 Å². The van der Waals surface area contributed by atoms with E-state index in [4.69, 9.17) is 15.6 Å². The number of nitrogens with two attached hydrogens (primary N) is 1. The van der Waals surface area contributed by atoms with Crippen LogP contribution in [0, 0.1) is 6.92 Å². The summed E-state index contributed by atoms with van der Waals surface area (Å²) in [6.45, 7) is 1.93. The molecule has 17 heavy (non-hydrogen) atoms. The quantitative estimate of drug-likeness (QED) is 0.877. The molecule has 1 aromatic rings. The van der Waals surface area contributed by atoms with Crippen LogP contribution in [-0.2, 0) is 4.79 Å². The summed E-state index contributed by atoms with van der Waals surface area (Å²) in [4.78, 5) is 10.5. The fourth-order valence-corrected chi connectivity index (χ4v) is 2.08. The zero-order valence-electron chi connectivity index (χ0n) is 9.87. The Morgan fingerprint density at radius 3 is 2.76 bits per heavy atom. The second-order valence-electron chi connectivity index (χ2n) is 3.83. The first-order chi connectivity index (χ1) is 7.97. The molecule has 0 saturated heterocycles. The molecule has 94 valence electrons. The number of hydrogen-bond acceptors (Lipinski definition) is 3. The summed E-state index contributed by atoms with van der Waals surface area (Å²) in [5, 5.41) is 8.66. The lowest BCUT2D eigenvalue weighted by atomic mass is 9.97. The Labute approximate surface area is 109 Å². The minimum absolute atomic E-state index is 0.0519. The van der Waals surface area contributed by atoms with E-state index in [9.17, 15) is 4.79 Å². The number of carbonyl (C=O) groups is 1. The minimum Gasteiger partial charge on any atom is -0.496 e. The first kappa shape index (κ1) is 14.0. The number of carboxylic acid groups (broad SMARTS) is 1. The number of rotatable bonds is 5. The Bertz CT molecular complexity index is 420. The third-order valence-corrected chi connectivity index (χ3v) is 3.53. The van der Waals surface area contributed by atoms with Crippen LogP contribution in [0.3, 0.4) is 0 Å². The van der Waals surface area contributed by atoms with E-state index in [1.54, 1.807) is 7.11 Å². The molecule has 0 aliphatic carbocycles. The average molecular weight is 302 g/mol. The molecule has 1 unspecified atom stereocenters. The smallest absolute Gasteiger partial charge is 0.303 e. The predicted molar refractivity (Wildman–Crippen MR) is 69.2 cm³/mol. The van der Waals surface area contributed by atoms with Crippen molar-refractivity contribution in [3.8, 4) is 5.75 Å². The lowest BCUT2D eigenvalue weighted by Gasteiger charge is -2.18. The van der Waals surface area contributed by atoms with Gasteiger partial charge in [-0.2, -0.15) is 0 Å². The van der Waals surface area contributed by atoms with E-state index in [-0.39, 0.29) is 12.5 Å². The van der Waals surface area contributed by atoms with Gasteiger partial charge in [0.2, 0.25) is 0 Å². The van der Waals surface area contributed by atoms with E-state index in [2.05, 4.69) is 15.9 Å². The highest BCUT2D eigenvalue weighted by molar-refractivity contribution is 9.10. The fraction of sp³-hybridized carbons (Fsp3) is 0.417. The molecule has 1 rings (SSSR count). The third-order valence-electron chi connectivity index (χ3n) is 2.67. The molecule has 0 amide bonds. The topological polar surface area (TPSA) is 72.5 Å². The Kier molecular flexibility index (Phi) is 4.96. The van der Waals surface area contributed by atoms with Crippen molar-refractivity contribution < 1.29 is 14.6 Å². The van der Waals surface area contributed by atoms with Crippen molar-refractivity contribution in [3.63, 3.8) is 0 Å². The van der Waals surface area contributed by atoms with Gasteiger partial charge in [-0.05, 0) is 31.0 Å². The van der Waals surface area contributed by atoms with Crippen LogP contribution >= 0.6 is 15.9 Å². The molecule has 0 aromatic heterocycles. The largest absolute Gasteiger partial charge is 0.496 e. The van der Waals surface area contributed by atoms with Gasteiger partial charge < -0.3 is 15.6 Å². The maximum Gasteiger partial charge on any atom is 0.303 e. The number of hydrogen-bond donors (Lipinski definition) is 2. The van der Waals surface area contributed by atoms with Crippen molar-refractivity contribution in [1.29, 1.82) is 0 Å². The molecule has 1 aromatic carbocycles. The van der Waals surface area contributed by atoms with E-state index in [0.717, 1.165) is 15.6 Å². The van der Waals surface area contributed by atoms with Crippen LogP contribution in [0.2, 0.25) is 0 Å². The summed E-state index contributed by atoms with van der Waals surface area (Å²) in [6, 6.07) is 3.38. The summed E-state index contributed by atoms with van der Waals surface area (Å²) in [7, 11) is 1.58. The van der Waals surface area contributed by atoms with E-state index in [0.29, 0.717) is 12.2 Å². The zero-order chi connectivity index (χ0) is 13.0. The molecule has 0 aliphatic rings. The van der Waals surface area contributed by atoms with E-state index < -0.39 is 5.97 Å². The lowest BCUT2D eigenvalue weighted by molar-refractivity contribution is -0.137. The van der Waals surface area contributed by atoms with Crippen LogP contribution in [0.4, 0.5) is 0 Å². The van der Waals surface area contributed by atoms with Crippen molar-refractivity contribution >= 4 is 21.9 Å². The van der Waals surface area contributed by atoms with Crippen molar-refractivity contribution in [1.82, 2.24) is 0 Å². The molecule has 0 radical (unpaired) electrons. The summed E-state index contributed by atoms with van der Waals surface area (Å²) >= 11 is 3.43. The molecule has 0 bridgehead atoms. The predicted octanol–water partition coefficient (Wildman–Crippen LogP) is 2.63. The highest BCUT2D eigenvalue weighted by atomic mass is 79.9. The van der Waals surface area contributed by atoms with Crippen LogP contribution in [0.25, 0.3) is 0 Å². The summed E-state index contributed by atoms with van der Waals surface area (Å²) < 4.78 is 6.20. The van der Waals surface area contributed by atoms with Crippen molar-refractivity contribution in [2.45, 2.75) is 25.8 Å². The molecular weight excluding hydrogens is 286 g/mol. The minimum atomic E-state index is -0.841. The number of benzene rings is 1.